The molecule has 0 spiro atoms. The normalized spacial score (nSPS) is 17.5. The molecular weight excluding hydrogens is 422 g/mol. The Morgan fingerprint density at radius 1 is 1.07 bits per heavy atom. The third-order valence-electron chi connectivity index (χ3n) is 5.24. The number of esters is 1. The molecule has 0 saturated heterocycles. The largest absolute Gasteiger partial charge is 0.493 e. The van der Waals surface area contributed by atoms with E-state index in [1.165, 1.54) is 7.11 Å². The lowest BCUT2D eigenvalue weighted by Crippen LogP contribution is -2.09. The Bertz CT molecular complexity index is 1080. The number of thioether (sulfide) groups is 1. The number of hydrogen-bond donors (Lipinski definition) is 0. The van der Waals surface area contributed by atoms with Crippen LogP contribution in [0.5, 0.6) is 11.5 Å². The number of nitrogens with zero attached hydrogens (tertiary/aromatic N) is 1. The molecule has 1 aliphatic rings. The molecule has 4 rings (SSSR count). The van der Waals surface area contributed by atoms with E-state index < -0.39 is 0 Å². The topological polar surface area (TPSA) is 49.7 Å². The Kier molecular flexibility index (Phi) is 5.97. The van der Waals surface area contributed by atoms with Crippen molar-refractivity contribution >= 4 is 29.3 Å². The highest BCUT2D eigenvalue weighted by Crippen LogP contribution is 2.54. The van der Waals surface area contributed by atoms with Gasteiger partial charge in [-0.2, -0.15) is 0 Å². The number of methoxy groups -OCH3 is 3. The number of ether oxygens (including phenoxy) is 3. The van der Waals surface area contributed by atoms with Crippen molar-refractivity contribution in [3.05, 3.63) is 76.6 Å². The summed E-state index contributed by atoms with van der Waals surface area (Å²) in [7, 11) is 4.68. The minimum absolute atomic E-state index is 0.112. The molecule has 5 nitrogen and oxygen atoms in total. The van der Waals surface area contributed by atoms with Crippen molar-refractivity contribution in [3.8, 4) is 17.2 Å². The van der Waals surface area contributed by atoms with Crippen LogP contribution in [-0.2, 0) is 9.53 Å². The summed E-state index contributed by atoms with van der Waals surface area (Å²) in [5.74, 6) is 1.08. The molecule has 2 atom stereocenters. The van der Waals surface area contributed by atoms with E-state index in [0.717, 1.165) is 22.5 Å². The monoisotopic (exact) mass is 443 g/mol. The van der Waals surface area contributed by atoms with Gasteiger partial charge < -0.3 is 18.8 Å². The summed E-state index contributed by atoms with van der Waals surface area (Å²) in [6, 6.07) is 15.8. The third-order valence-corrected chi connectivity index (χ3v) is 6.99. The lowest BCUT2D eigenvalue weighted by atomic mass is 10.0. The van der Waals surface area contributed by atoms with E-state index in [-0.39, 0.29) is 22.9 Å². The van der Waals surface area contributed by atoms with Crippen molar-refractivity contribution in [2.24, 2.45) is 0 Å². The Morgan fingerprint density at radius 2 is 1.90 bits per heavy atom. The van der Waals surface area contributed by atoms with Crippen molar-refractivity contribution in [1.29, 1.82) is 0 Å². The van der Waals surface area contributed by atoms with E-state index in [2.05, 4.69) is 4.57 Å². The highest BCUT2D eigenvalue weighted by Gasteiger charge is 2.33. The lowest BCUT2D eigenvalue weighted by molar-refractivity contribution is -0.140. The molecule has 0 aliphatic carbocycles. The highest BCUT2D eigenvalue weighted by atomic mass is 35.5. The maximum absolute atomic E-state index is 12.2. The van der Waals surface area contributed by atoms with Crippen molar-refractivity contribution in [3.63, 3.8) is 0 Å². The smallest absolute Gasteiger partial charge is 0.307 e. The first kappa shape index (κ1) is 20.7. The number of benzene rings is 2. The number of carbonyl (C=O) groups is 1. The second-order valence-corrected chi connectivity index (χ2v) is 8.62. The Balaban J connectivity index is 1.93. The van der Waals surface area contributed by atoms with Gasteiger partial charge in [0.05, 0.1) is 43.9 Å². The van der Waals surface area contributed by atoms with Crippen molar-refractivity contribution in [2.45, 2.75) is 16.9 Å². The molecule has 156 valence electrons. The van der Waals surface area contributed by atoms with E-state index in [1.54, 1.807) is 26.0 Å². The molecule has 3 aromatic rings. The van der Waals surface area contributed by atoms with Gasteiger partial charge in [0.1, 0.15) is 0 Å². The number of aromatic nitrogens is 1. The summed E-state index contributed by atoms with van der Waals surface area (Å²) in [5, 5.41) is 0.416. The fourth-order valence-electron chi connectivity index (χ4n) is 3.88. The molecule has 2 aromatic carbocycles. The molecule has 1 aromatic heterocycles. The Hall–Kier alpha value is -2.57. The molecule has 0 radical (unpaired) electrons. The lowest BCUT2D eigenvalue weighted by Gasteiger charge is -2.24. The van der Waals surface area contributed by atoms with Gasteiger partial charge in [-0.25, -0.2) is 0 Å². The first-order valence-corrected chi connectivity index (χ1v) is 10.8. The van der Waals surface area contributed by atoms with Crippen LogP contribution < -0.4 is 9.47 Å². The standard InChI is InChI=1S/C23H22ClNO4S/c1-27-19-8-4-6-15(22(19)29-3)23-16-12-14(24)9-10-17(16)25-11-5-7-18(25)20(30-23)13-21(26)28-2/h4-12,20,23H,13H2,1-3H3/t20-,23-/m1/s1. The zero-order valence-electron chi connectivity index (χ0n) is 16.9. The van der Waals surface area contributed by atoms with Gasteiger partial charge in [0.25, 0.3) is 0 Å². The Morgan fingerprint density at radius 3 is 2.63 bits per heavy atom. The molecule has 0 unspecified atom stereocenters. The first-order valence-electron chi connectivity index (χ1n) is 9.47. The average molecular weight is 444 g/mol. The van der Waals surface area contributed by atoms with Crippen LogP contribution in [0.3, 0.4) is 0 Å². The number of halogens is 1. The van der Waals surface area contributed by atoms with Gasteiger partial charge in [-0.1, -0.05) is 23.7 Å². The summed E-state index contributed by atoms with van der Waals surface area (Å²) in [5.41, 5.74) is 4.07. The molecule has 0 amide bonds. The van der Waals surface area contributed by atoms with Crippen molar-refractivity contribution in [1.82, 2.24) is 4.57 Å². The van der Waals surface area contributed by atoms with E-state index in [0.29, 0.717) is 16.5 Å². The van der Waals surface area contributed by atoms with Gasteiger partial charge in [-0.15, -0.1) is 11.8 Å². The van der Waals surface area contributed by atoms with E-state index >= 15 is 0 Å². The number of hydrogen-bond acceptors (Lipinski definition) is 5. The molecule has 7 heteroatoms. The molecule has 0 saturated carbocycles. The molecule has 0 bridgehead atoms. The van der Waals surface area contributed by atoms with Crippen LogP contribution in [0.1, 0.15) is 33.7 Å². The highest BCUT2D eigenvalue weighted by molar-refractivity contribution is 8.00. The zero-order chi connectivity index (χ0) is 21.3. The number of fused-ring (bicyclic) bond motifs is 3. The SMILES string of the molecule is COC(=O)C[C@H]1S[C@H](c2cccc(OC)c2OC)c2cc(Cl)ccc2-n2cccc21. The zero-order valence-corrected chi connectivity index (χ0v) is 18.5. The number of rotatable bonds is 5. The maximum atomic E-state index is 12.2. The van der Waals surface area contributed by atoms with Gasteiger partial charge in [-0.3, -0.25) is 4.79 Å². The average Bonchev–Trinajstić information content (AvgIpc) is 3.21. The maximum Gasteiger partial charge on any atom is 0.307 e. The van der Waals surface area contributed by atoms with Crippen LogP contribution in [0.4, 0.5) is 0 Å². The summed E-state index contributed by atoms with van der Waals surface area (Å²) >= 11 is 8.09. The van der Waals surface area contributed by atoms with Crippen LogP contribution >= 0.6 is 23.4 Å². The molecule has 0 N–H and O–H groups in total. The van der Waals surface area contributed by atoms with E-state index in [4.69, 9.17) is 25.8 Å². The second kappa shape index (κ2) is 8.66. The van der Waals surface area contributed by atoms with Crippen molar-refractivity contribution < 1.29 is 19.0 Å². The fourth-order valence-corrected chi connectivity index (χ4v) is 5.63. The third kappa shape index (κ3) is 3.66. The summed E-state index contributed by atoms with van der Waals surface area (Å²) in [4.78, 5) is 12.2. The van der Waals surface area contributed by atoms with Crippen LogP contribution in [-0.4, -0.2) is 31.9 Å². The van der Waals surface area contributed by atoms with E-state index in [9.17, 15) is 4.79 Å². The van der Waals surface area contributed by atoms with Crippen LogP contribution in [0.15, 0.2) is 54.7 Å². The predicted molar refractivity (Wildman–Crippen MR) is 119 cm³/mol. The van der Waals surface area contributed by atoms with Crippen molar-refractivity contribution in [2.75, 3.05) is 21.3 Å². The number of para-hydroxylation sites is 1. The molecular formula is C23H22ClNO4S. The van der Waals surface area contributed by atoms with E-state index in [1.807, 2.05) is 54.7 Å². The molecule has 0 fully saturated rings. The fraction of sp³-hybridized carbons (Fsp3) is 0.261. The van der Waals surface area contributed by atoms with Gasteiger partial charge in [0, 0.05) is 22.5 Å². The molecule has 1 aliphatic heterocycles. The van der Waals surface area contributed by atoms with Crippen LogP contribution in [0, 0.1) is 0 Å². The number of carbonyl (C=O) groups excluding carboxylic acids is 1. The van der Waals surface area contributed by atoms with Crippen LogP contribution in [0.25, 0.3) is 5.69 Å². The van der Waals surface area contributed by atoms with Gasteiger partial charge >= 0.3 is 5.97 Å². The Labute approximate surface area is 184 Å². The molecule has 30 heavy (non-hydrogen) atoms. The first-order chi connectivity index (χ1) is 14.6. The van der Waals surface area contributed by atoms with Gasteiger partial charge in [-0.05, 0) is 42.0 Å². The minimum Gasteiger partial charge on any atom is -0.493 e. The quantitative estimate of drug-likeness (QED) is 0.481. The minimum atomic E-state index is -0.249. The predicted octanol–water partition coefficient (Wildman–Crippen LogP) is 5.59. The summed E-state index contributed by atoms with van der Waals surface area (Å²) in [6.45, 7) is 0. The van der Waals surface area contributed by atoms with Gasteiger partial charge in [0.2, 0.25) is 0 Å². The summed E-state index contributed by atoms with van der Waals surface area (Å²) < 4.78 is 18.4. The molecule has 2 heterocycles. The van der Waals surface area contributed by atoms with Crippen LogP contribution in [0.2, 0.25) is 5.02 Å². The summed E-state index contributed by atoms with van der Waals surface area (Å²) in [6.07, 6.45) is 2.27. The van der Waals surface area contributed by atoms with Gasteiger partial charge in [0.15, 0.2) is 11.5 Å². The second-order valence-electron chi connectivity index (χ2n) is 6.87.